The van der Waals surface area contributed by atoms with E-state index in [0.717, 1.165) is 23.6 Å². The highest BCUT2D eigenvalue weighted by Crippen LogP contribution is 2.40. The molecule has 0 aliphatic carbocycles. The summed E-state index contributed by atoms with van der Waals surface area (Å²) in [5.41, 5.74) is -6.22. The first kappa shape index (κ1) is 31.0. The highest BCUT2D eigenvalue weighted by molar-refractivity contribution is 7.99. The van der Waals surface area contributed by atoms with Gasteiger partial charge in [0.15, 0.2) is 6.10 Å². The highest BCUT2D eigenvalue weighted by Gasteiger charge is 2.59. The summed E-state index contributed by atoms with van der Waals surface area (Å²) >= 11 is 1.08. The standard InChI is InChI=1S/C26H26F3NO9S2/c1-3-40-25-20(30-23(32)17-11-7-8-12-18(17)24(30)33)22(37-15(2)31)21(39-41(34,35)26(27,28)29)19(38-25)14-36-13-16-9-5-4-6-10-16/h4-12,19-22,25H,3,13-14H2,1-2H3/t19-,20-,21-,22-,25+/m1/s1. The Balaban J connectivity index is 1.76. The van der Waals surface area contributed by atoms with E-state index in [2.05, 4.69) is 4.18 Å². The van der Waals surface area contributed by atoms with E-state index in [1.807, 2.05) is 0 Å². The largest absolute Gasteiger partial charge is 0.523 e. The predicted octanol–water partition coefficient (Wildman–Crippen LogP) is 3.51. The molecule has 2 amide bonds. The lowest BCUT2D eigenvalue weighted by Crippen LogP contribution is -2.66. The first-order chi connectivity index (χ1) is 19.4. The van der Waals surface area contributed by atoms with Crippen molar-refractivity contribution in [2.75, 3.05) is 12.4 Å². The minimum atomic E-state index is -6.26. The normalized spacial score (nSPS) is 24.8. The molecule has 1 fully saturated rings. The average molecular weight is 618 g/mol. The number of rotatable bonds is 10. The Morgan fingerprint density at radius 2 is 1.59 bits per heavy atom. The number of fused-ring (bicyclic) bond motifs is 1. The highest BCUT2D eigenvalue weighted by atomic mass is 32.2. The van der Waals surface area contributed by atoms with Crippen LogP contribution in [0.1, 0.15) is 40.1 Å². The van der Waals surface area contributed by atoms with E-state index < -0.39 is 69.8 Å². The van der Waals surface area contributed by atoms with Crippen LogP contribution >= 0.6 is 11.8 Å². The zero-order valence-corrected chi connectivity index (χ0v) is 23.4. The van der Waals surface area contributed by atoms with Crippen molar-refractivity contribution in [1.29, 1.82) is 0 Å². The van der Waals surface area contributed by atoms with Gasteiger partial charge in [-0.1, -0.05) is 49.4 Å². The number of hydrogen-bond acceptors (Lipinski definition) is 10. The van der Waals surface area contributed by atoms with E-state index in [9.17, 15) is 36.0 Å². The maximum Gasteiger partial charge on any atom is 0.523 e. The predicted molar refractivity (Wildman–Crippen MR) is 139 cm³/mol. The van der Waals surface area contributed by atoms with E-state index >= 15 is 0 Å². The van der Waals surface area contributed by atoms with Crippen LogP contribution in [0, 0.1) is 0 Å². The topological polar surface area (TPSA) is 126 Å². The molecule has 0 spiro atoms. The van der Waals surface area contributed by atoms with E-state index in [4.69, 9.17) is 14.2 Å². The number of hydrogen-bond donors (Lipinski definition) is 0. The van der Waals surface area contributed by atoms with Crippen molar-refractivity contribution in [2.24, 2.45) is 0 Å². The number of carbonyl (C=O) groups excluding carboxylic acids is 3. The summed E-state index contributed by atoms with van der Waals surface area (Å²) in [6.45, 7) is 2.20. The molecule has 0 unspecified atom stereocenters. The van der Waals surface area contributed by atoms with E-state index in [1.165, 1.54) is 24.3 Å². The molecule has 4 rings (SSSR count). The molecule has 41 heavy (non-hydrogen) atoms. The number of halogens is 3. The Hall–Kier alpha value is -2.98. The number of carbonyl (C=O) groups is 3. The summed E-state index contributed by atoms with van der Waals surface area (Å²) in [6.07, 6.45) is -5.52. The molecule has 0 saturated carbocycles. The number of thioether (sulfide) groups is 1. The van der Waals surface area contributed by atoms with Crippen molar-refractivity contribution in [3.05, 3.63) is 71.3 Å². The van der Waals surface area contributed by atoms with Crippen molar-refractivity contribution < 1.29 is 54.4 Å². The Labute approximate surface area is 238 Å². The molecular formula is C26H26F3NO9S2. The molecule has 2 heterocycles. The zero-order valence-electron chi connectivity index (χ0n) is 21.8. The number of imide groups is 1. The number of esters is 1. The van der Waals surface area contributed by atoms with Gasteiger partial charge >= 0.3 is 21.6 Å². The van der Waals surface area contributed by atoms with Gasteiger partial charge in [-0.2, -0.15) is 21.6 Å². The molecule has 15 heteroatoms. The van der Waals surface area contributed by atoms with Crippen LogP contribution in [0.15, 0.2) is 54.6 Å². The Morgan fingerprint density at radius 1 is 1.00 bits per heavy atom. The molecule has 2 aliphatic heterocycles. The number of ether oxygens (including phenoxy) is 3. The molecule has 1 saturated heterocycles. The summed E-state index contributed by atoms with van der Waals surface area (Å²) < 4.78 is 86.4. The molecule has 0 bridgehead atoms. The van der Waals surface area contributed by atoms with Gasteiger partial charge in [-0.25, -0.2) is 0 Å². The maximum atomic E-state index is 13.5. The average Bonchev–Trinajstić information content (AvgIpc) is 3.15. The van der Waals surface area contributed by atoms with Crippen molar-refractivity contribution in [1.82, 2.24) is 4.90 Å². The number of nitrogens with zero attached hydrogens (tertiary/aromatic N) is 1. The summed E-state index contributed by atoms with van der Waals surface area (Å²) in [6, 6.07) is 13.0. The van der Waals surface area contributed by atoms with Crippen molar-refractivity contribution in [3.8, 4) is 0 Å². The van der Waals surface area contributed by atoms with Gasteiger partial charge in [0.1, 0.15) is 23.7 Å². The van der Waals surface area contributed by atoms with Gasteiger partial charge < -0.3 is 14.2 Å². The Kier molecular flexibility index (Phi) is 9.43. The fourth-order valence-corrected chi connectivity index (χ4v) is 6.25. The second kappa shape index (κ2) is 12.5. The zero-order chi connectivity index (χ0) is 29.9. The third-order valence-corrected chi connectivity index (χ3v) is 8.38. The molecular weight excluding hydrogens is 591 g/mol. The summed E-state index contributed by atoms with van der Waals surface area (Å²) in [7, 11) is -6.26. The van der Waals surface area contributed by atoms with Crippen LogP contribution in [0.25, 0.3) is 0 Å². The molecule has 0 aromatic heterocycles. The van der Waals surface area contributed by atoms with Gasteiger partial charge in [0.05, 0.1) is 24.3 Å². The quantitative estimate of drug-likeness (QED) is 0.169. The van der Waals surface area contributed by atoms with Crippen LogP contribution in [0.5, 0.6) is 0 Å². The van der Waals surface area contributed by atoms with Crippen LogP contribution in [-0.2, 0) is 39.9 Å². The molecule has 2 aliphatic rings. The SMILES string of the molecule is CCS[C@@H]1O[C@H](COCc2ccccc2)[C@@H](OS(=O)(=O)C(F)(F)F)[C@H](OC(C)=O)[C@H]1N1C(=O)c2ccccc2C1=O. The monoisotopic (exact) mass is 617 g/mol. The van der Waals surface area contributed by atoms with Crippen LogP contribution in [-0.4, -0.2) is 78.8 Å². The summed E-state index contributed by atoms with van der Waals surface area (Å²) in [5.74, 6) is -2.29. The molecule has 2 aromatic carbocycles. The van der Waals surface area contributed by atoms with Crippen LogP contribution in [0.3, 0.4) is 0 Å². The fourth-order valence-electron chi connectivity index (χ4n) is 4.59. The molecule has 10 nitrogen and oxygen atoms in total. The summed E-state index contributed by atoms with van der Waals surface area (Å²) in [5, 5.41) is 0. The number of amides is 2. The number of benzene rings is 2. The van der Waals surface area contributed by atoms with Crippen LogP contribution in [0.2, 0.25) is 0 Å². The molecule has 222 valence electrons. The maximum absolute atomic E-state index is 13.5. The molecule has 5 atom stereocenters. The van der Waals surface area contributed by atoms with Gasteiger partial charge in [0.2, 0.25) is 0 Å². The third-order valence-electron chi connectivity index (χ3n) is 6.29. The van der Waals surface area contributed by atoms with E-state index in [-0.39, 0.29) is 17.7 Å². The third kappa shape index (κ3) is 6.59. The summed E-state index contributed by atoms with van der Waals surface area (Å²) in [4.78, 5) is 39.7. The molecule has 2 aromatic rings. The first-order valence-electron chi connectivity index (χ1n) is 12.4. The first-order valence-corrected chi connectivity index (χ1v) is 14.8. The second-order valence-corrected chi connectivity index (χ2v) is 12.0. The van der Waals surface area contributed by atoms with Gasteiger partial charge in [-0.3, -0.25) is 23.5 Å². The molecule has 0 radical (unpaired) electrons. The minimum Gasteiger partial charge on any atom is -0.457 e. The van der Waals surface area contributed by atoms with Crippen molar-refractivity contribution >= 4 is 39.7 Å². The van der Waals surface area contributed by atoms with Crippen molar-refractivity contribution in [3.63, 3.8) is 0 Å². The Bertz CT molecular complexity index is 1350. The van der Waals surface area contributed by atoms with Gasteiger partial charge in [-0.05, 0) is 23.4 Å². The minimum absolute atomic E-state index is 0.00883. The lowest BCUT2D eigenvalue weighted by Gasteiger charge is -2.47. The van der Waals surface area contributed by atoms with Crippen LogP contribution < -0.4 is 0 Å². The van der Waals surface area contributed by atoms with E-state index in [0.29, 0.717) is 11.3 Å². The van der Waals surface area contributed by atoms with Crippen LogP contribution in [0.4, 0.5) is 13.2 Å². The smallest absolute Gasteiger partial charge is 0.457 e. The lowest BCUT2D eigenvalue weighted by molar-refractivity contribution is -0.200. The van der Waals surface area contributed by atoms with Gasteiger partial charge in [0, 0.05) is 6.92 Å². The molecule has 0 N–H and O–H groups in total. The second-order valence-electron chi connectivity index (χ2n) is 9.05. The van der Waals surface area contributed by atoms with Gasteiger partial charge in [-0.15, -0.1) is 11.8 Å². The van der Waals surface area contributed by atoms with E-state index in [1.54, 1.807) is 37.3 Å². The lowest BCUT2D eigenvalue weighted by atomic mass is 9.96. The van der Waals surface area contributed by atoms with Crippen molar-refractivity contribution in [2.45, 2.75) is 55.8 Å². The Morgan fingerprint density at radius 3 is 2.12 bits per heavy atom. The fraction of sp³-hybridized carbons (Fsp3) is 0.423. The van der Waals surface area contributed by atoms with Gasteiger partial charge in [0.25, 0.3) is 11.8 Å². The number of alkyl halides is 3.